The van der Waals surface area contributed by atoms with Crippen LogP contribution < -0.4 is 0 Å². The number of benzene rings is 1. The van der Waals surface area contributed by atoms with E-state index in [1.165, 1.54) is 24.8 Å². The van der Waals surface area contributed by atoms with E-state index in [9.17, 15) is 0 Å². The second-order valence-corrected chi connectivity index (χ2v) is 3.06. The topological polar surface area (TPSA) is 0 Å². The molecule has 0 bridgehead atoms. The van der Waals surface area contributed by atoms with Gasteiger partial charge >= 0.3 is 27.3 Å². The van der Waals surface area contributed by atoms with Crippen molar-refractivity contribution >= 4 is 27.3 Å². The van der Waals surface area contributed by atoms with Crippen LogP contribution in [0.25, 0.3) is 0 Å². The molecule has 2 radical (unpaired) electrons. The Bertz CT molecular complexity index is 262. The first-order valence-electron chi connectivity index (χ1n) is 4.17. The maximum atomic E-state index is 2.34. The van der Waals surface area contributed by atoms with Crippen LogP contribution in [0.5, 0.6) is 0 Å². The number of allylic oxidation sites excluding steroid dienone is 2. The summed E-state index contributed by atoms with van der Waals surface area (Å²) in [5.41, 5.74) is 3.05. The Hall–Kier alpha value is -0.118. The van der Waals surface area contributed by atoms with E-state index in [0.717, 1.165) is 0 Å². The molecule has 0 aromatic heterocycles. The van der Waals surface area contributed by atoms with Gasteiger partial charge in [-0.3, -0.25) is 0 Å². The van der Waals surface area contributed by atoms with Crippen LogP contribution in [0.3, 0.4) is 0 Å². The molecule has 12 heavy (non-hydrogen) atoms. The molecule has 0 nitrogen and oxygen atoms in total. The van der Waals surface area contributed by atoms with Crippen LogP contribution in [0, 0.1) is 0 Å². The van der Waals surface area contributed by atoms with Crippen LogP contribution in [0.4, 0.5) is 0 Å². The Morgan fingerprint density at radius 3 is 2.25 bits per heavy atom. The standard InChI is InChI=1S/C11H12.Pb.2H/c1-2-5-10(6-3-1)9-11-7-4-8-11;;;/h1-3,5-7H,4,8-9H2;;;. The fourth-order valence-electron chi connectivity index (χ4n) is 1.37. The van der Waals surface area contributed by atoms with Crippen molar-refractivity contribution in [1.29, 1.82) is 0 Å². The van der Waals surface area contributed by atoms with Gasteiger partial charge < -0.3 is 0 Å². The van der Waals surface area contributed by atoms with E-state index >= 15 is 0 Å². The number of rotatable bonds is 2. The summed E-state index contributed by atoms with van der Waals surface area (Å²) in [6.07, 6.45) is 6.12. The summed E-state index contributed by atoms with van der Waals surface area (Å²) in [4.78, 5) is 0. The van der Waals surface area contributed by atoms with Gasteiger partial charge in [0.1, 0.15) is 0 Å². The van der Waals surface area contributed by atoms with Crippen LogP contribution in [0.1, 0.15) is 18.4 Å². The van der Waals surface area contributed by atoms with Gasteiger partial charge in [0.05, 0.1) is 0 Å². The zero-order chi connectivity index (χ0) is 7.52. The van der Waals surface area contributed by atoms with Gasteiger partial charge in [-0.1, -0.05) is 42.0 Å². The molecule has 0 spiro atoms. The SMILES string of the molecule is C1=C(Cc2ccccc2)CC1.[PbH2]. The molecule has 2 rings (SSSR count). The number of hydrogen-bond donors (Lipinski definition) is 0. The minimum atomic E-state index is 0. The van der Waals surface area contributed by atoms with Gasteiger partial charge in [-0.05, 0) is 24.8 Å². The summed E-state index contributed by atoms with van der Waals surface area (Å²) in [6.45, 7) is 0. The van der Waals surface area contributed by atoms with Crippen molar-refractivity contribution in [3.63, 3.8) is 0 Å². The van der Waals surface area contributed by atoms with Crippen molar-refractivity contribution < 1.29 is 0 Å². The first kappa shape index (κ1) is 9.97. The minimum absolute atomic E-state index is 0. The molecule has 0 fully saturated rings. The monoisotopic (exact) mass is 354 g/mol. The first-order chi connectivity index (χ1) is 5.45. The fourth-order valence-corrected chi connectivity index (χ4v) is 1.37. The van der Waals surface area contributed by atoms with Gasteiger partial charge in [0.2, 0.25) is 0 Å². The third-order valence-corrected chi connectivity index (χ3v) is 2.17. The van der Waals surface area contributed by atoms with Crippen LogP contribution >= 0.6 is 0 Å². The average Bonchev–Trinajstić information content (AvgIpc) is 1.99. The van der Waals surface area contributed by atoms with Gasteiger partial charge in [0, 0.05) is 0 Å². The molecular formula is C11H14Pb. The molecule has 0 N–H and O–H groups in total. The Morgan fingerprint density at radius 1 is 1.08 bits per heavy atom. The molecule has 0 heterocycles. The summed E-state index contributed by atoms with van der Waals surface area (Å²) < 4.78 is 0. The normalized spacial score (nSPS) is 14.2. The predicted molar refractivity (Wildman–Crippen MR) is 56.0 cm³/mol. The Labute approximate surface area is 93.8 Å². The molecule has 0 saturated carbocycles. The quantitative estimate of drug-likeness (QED) is 0.564. The second kappa shape index (κ2) is 4.80. The molecule has 0 amide bonds. The summed E-state index contributed by atoms with van der Waals surface area (Å²) >= 11 is 0. The third kappa shape index (κ3) is 2.44. The maximum absolute atomic E-state index is 2.34. The summed E-state index contributed by atoms with van der Waals surface area (Å²) in [5, 5.41) is 0. The molecular weight excluding hydrogens is 339 g/mol. The van der Waals surface area contributed by atoms with E-state index in [-0.39, 0.29) is 27.3 Å². The van der Waals surface area contributed by atoms with Crippen LogP contribution in [-0.4, -0.2) is 27.3 Å². The fraction of sp³-hybridized carbons (Fsp3) is 0.273. The molecule has 0 unspecified atom stereocenters. The third-order valence-electron chi connectivity index (χ3n) is 2.17. The predicted octanol–water partition coefficient (Wildman–Crippen LogP) is 2.03. The van der Waals surface area contributed by atoms with Gasteiger partial charge in [-0.25, -0.2) is 0 Å². The van der Waals surface area contributed by atoms with Crippen LogP contribution in [0.2, 0.25) is 0 Å². The zero-order valence-electron chi connectivity index (χ0n) is 7.29. The van der Waals surface area contributed by atoms with E-state index < -0.39 is 0 Å². The average molecular weight is 353 g/mol. The molecule has 0 atom stereocenters. The Morgan fingerprint density at radius 2 is 1.75 bits per heavy atom. The van der Waals surface area contributed by atoms with Gasteiger partial charge in [-0.15, -0.1) is 0 Å². The van der Waals surface area contributed by atoms with Crippen molar-refractivity contribution in [2.75, 3.05) is 0 Å². The molecule has 1 aromatic carbocycles. The number of hydrogen-bond acceptors (Lipinski definition) is 0. The summed E-state index contributed by atoms with van der Waals surface area (Å²) in [7, 11) is 0. The van der Waals surface area contributed by atoms with Crippen molar-refractivity contribution in [2.45, 2.75) is 19.3 Å². The van der Waals surface area contributed by atoms with Crippen LogP contribution in [-0.2, 0) is 6.42 Å². The van der Waals surface area contributed by atoms with Gasteiger partial charge in [0.25, 0.3) is 0 Å². The van der Waals surface area contributed by atoms with Gasteiger partial charge in [-0.2, -0.15) is 0 Å². The molecule has 1 aliphatic rings. The van der Waals surface area contributed by atoms with Crippen molar-refractivity contribution in [3.8, 4) is 0 Å². The molecule has 1 heteroatoms. The molecule has 1 aliphatic carbocycles. The van der Waals surface area contributed by atoms with E-state index in [4.69, 9.17) is 0 Å². The van der Waals surface area contributed by atoms with E-state index in [0.29, 0.717) is 0 Å². The summed E-state index contributed by atoms with van der Waals surface area (Å²) in [6, 6.07) is 10.7. The first-order valence-corrected chi connectivity index (χ1v) is 4.17. The Kier molecular flexibility index (Phi) is 3.99. The van der Waals surface area contributed by atoms with Crippen molar-refractivity contribution in [3.05, 3.63) is 47.5 Å². The van der Waals surface area contributed by atoms with E-state index in [1.807, 2.05) is 0 Å². The second-order valence-electron chi connectivity index (χ2n) is 3.06. The van der Waals surface area contributed by atoms with Crippen molar-refractivity contribution in [2.24, 2.45) is 0 Å². The zero-order valence-corrected chi connectivity index (χ0v) is 12.8. The summed E-state index contributed by atoms with van der Waals surface area (Å²) in [5.74, 6) is 0. The van der Waals surface area contributed by atoms with Gasteiger partial charge in [0.15, 0.2) is 0 Å². The molecule has 0 saturated heterocycles. The molecule has 62 valence electrons. The van der Waals surface area contributed by atoms with Crippen molar-refractivity contribution in [1.82, 2.24) is 0 Å². The Balaban J connectivity index is 0.000000720. The van der Waals surface area contributed by atoms with Crippen LogP contribution in [0.15, 0.2) is 42.0 Å². The molecule has 0 aliphatic heterocycles. The molecule has 1 aromatic rings. The van der Waals surface area contributed by atoms with E-state index in [1.54, 1.807) is 5.57 Å². The van der Waals surface area contributed by atoms with E-state index in [2.05, 4.69) is 36.4 Å².